The van der Waals surface area contributed by atoms with Gasteiger partial charge in [0.05, 0.1) is 12.8 Å². The number of anilines is 3. The zero-order chi connectivity index (χ0) is 18.2. The first kappa shape index (κ1) is 17.7. The zero-order valence-electron chi connectivity index (χ0n) is 15.2. The normalized spacial score (nSPS) is 10.4. The topological polar surface area (TPSA) is 59.1 Å². The van der Waals surface area contributed by atoms with Crippen LogP contribution >= 0.6 is 0 Å². The molecule has 2 aromatic carbocycles. The molecule has 0 spiro atoms. The molecule has 1 heterocycles. The van der Waals surface area contributed by atoms with E-state index < -0.39 is 0 Å². The van der Waals surface area contributed by atoms with Gasteiger partial charge in [-0.25, -0.2) is 4.98 Å². The summed E-state index contributed by atoms with van der Waals surface area (Å²) in [5, 5.41) is 6.67. The van der Waals surface area contributed by atoms with Crippen molar-refractivity contribution in [1.82, 2.24) is 9.97 Å². The highest BCUT2D eigenvalue weighted by atomic mass is 16.5. The monoisotopic (exact) mass is 348 g/mol. The molecule has 0 unspecified atom stereocenters. The Kier molecular flexibility index (Phi) is 6.04. The third-order valence-electron chi connectivity index (χ3n) is 3.95. The number of aromatic nitrogens is 2. The minimum absolute atomic E-state index is 0.630. The van der Waals surface area contributed by atoms with Crippen molar-refractivity contribution >= 4 is 17.5 Å². The molecule has 0 fully saturated rings. The number of rotatable bonds is 8. The van der Waals surface area contributed by atoms with Crippen LogP contribution in [0.2, 0.25) is 0 Å². The van der Waals surface area contributed by atoms with Gasteiger partial charge in [0, 0.05) is 29.9 Å². The Morgan fingerprint density at radius 2 is 1.81 bits per heavy atom. The Labute approximate surface area is 154 Å². The van der Waals surface area contributed by atoms with Gasteiger partial charge in [0.1, 0.15) is 11.6 Å². The van der Waals surface area contributed by atoms with E-state index in [1.54, 1.807) is 7.11 Å². The standard InChI is InChI=1S/C21H24N4O/c1-3-4-13-22-21-24-19(16-9-6-5-7-10-16)15-20(25-21)23-17-11-8-12-18(14-17)26-2/h5-12,14-15H,3-4,13H2,1-2H3,(H2,22,23,24,25). The molecule has 1 aromatic heterocycles. The summed E-state index contributed by atoms with van der Waals surface area (Å²) in [6, 6.07) is 19.9. The molecule has 3 aromatic rings. The molecular weight excluding hydrogens is 324 g/mol. The van der Waals surface area contributed by atoms with Gasteiger partial charge in [-0.3, -0.25) is 0 Å². The Balaban J connectivity index is 1.90. The van der Waals surface area contributed by atoms with E-state index in [1.165, 1.54) is 0 Å². The molecule has 5 nitrogen and oxygen atoms in total. The summed E-state index contributed by atoms with van der Waals surface area (Å²) in [5.74, 6) is 2.17. The largest absolute Gasteiger partial charge is 0.497 e. The van der Waals surface area contributed by atoms with Gasteiger partial charge in [0.25, 0.3) is 0 Å². The molecule has 0 bridgehead atoms. The van der Waals surface area contributed by atoms with Crippen LogP contribution in [0.3, 0.4) is 0 Å². The van der Waals surface area contributed by atoms with Gasteiger partial charge >= 0.3 is 0 Å². The Morgan fingerprint density at radius 1 is 0.962 bits per heavy atom. The van der Waals surface area contributed by atoms with Gasteiger partial charge in [0.15, 0.2) is 0 Å². The summed E-state index contributed by atoms with van der Waals surface area (Å²) in [4.78, 5) is 9.27. The van der Waals surface area contributed by atoms with Gasteiger partial charge < -0.3 is 15.4 Å². The molecule has 0 saturated carbocycles. The summed E-state index contributed by atoms with van der Waals surface area (Å²) < 4.78 is 5.29. The quantitative estimate of drug-likeness (QED) is 0.554. The molecule has 0 amide bonds. The fourth-order valence-corrected chi connectivity index (χ4v) is 2.57. The van der Waals surface area contributed by atoms with Crippen LogP contribution in [0, 0.1) is 0 Å². The summed E-state index contributed by atoms with van der Waals surface area (Å²) in [5.41, 5.74) is 2.86. The molecule has 26 heavy (non-hydrogen) atoms. The van der Waals surface area contributed by atoms with Gasteiger partial charge in [-0.15, -0.1) is 0 Å². The van der Waals surface area contributed by atoms with E-state index in [9.17, 15) is 0 Å². The smallest absolute Gasteiger partial charge is 0.225 e. The predicted octanol–water partition coefficient (Wildman–Crippen LogP) is 5.11. The number of benzene rings is 2. The molecule has 0 saturated heterocycles. The fourth-order valence-electron chi connectivity index (χ4n) is 2.57. The molecule has 0 atom stereocenters. The van der Waals surface area contributed by atoms with Crippen molar-refractivity contribution in [3.05, 3.63) is 60.7 Å². The lowest BCUT2D eigenvalue weighted by atomic mass is 10.1. The molecule has 0 aliphatic heterocycles. The fraction of sp³-hybridized carbons (Fsp3) is 0.238. The first-order valence-electron chi connectivity index (χ1n) is 8.88. The van der Waals surface area contributed by atoms with E-state index in [0.29, 0.717) is 5.95 Å². The maximum absolute atomic E-state index is 5.29. The van der Waals surface area contributed by atoms with E-state index >= 15 is 0 Å². The molecule has 134 valence electrons. The van der Waals surface area contributed by atoms with Crippen LogP contribution in [-0.4, -0.2) is 23.6 Å². The minimum Gasteiger partial charge on any atom is -0.497 e. The molecule has 2 N–H and O–H groups in total. The van der Waals surface area contributed by atoms with E-state index in [1.807, 2.05) is 60.7 Å². The van der Waals surface area contributed by atoms with Crippen LogP contribution in [0.5, 0.6) is 5.75 Å². The van der Waals surface area contributed by atoms with Crippen molar-refractivity contribution in [2.45, 2.75) is 19.8 Å². The average molecular weight is 348 g/mol. The lowest BCUT2D eigenvalue weighted by molar-refractivity contribution is 0.415. The Bertz CT molecular complexity index is 836. The average Bonchev–Trinajstić information content (AvgIpc) is 2.69. The molecule has 0 aliphatic carbocycles. The second kappa shape index (κ2) is 8.85. The van der Waals surface area contributed by atoms with E-state index in [-0.39, 0.29) is 0 Å². The van der Waals surface area contributed by atoms with E-state index in [0.717, 1.165) is 47.9 Å². The second-order valence-electron chi connectivity index (χ2n) is 5.97. The number of methoxy groups -OCH3 is 1. The van der Waals surface area contributed by atoms with Gasteiger partial charge in [-0.1, -0.05) is 49.7 Å². The molecule has 0 radical (unpaired) electrons. The SMILES string of the molecule is CCCCNc1nc(Nc2cccc(OC)c2)cc(-c2ccccc2)n1. The Morgan fingerprint density at radius 3 is 2.58 bits per heavy atom. The molecule has 0 aliphatic rings. The van der Waals surface area contributed by atoms with Crippen molar-refractivity contribution in [2.24, 2.45) is 0 Å². The number of unbranched alkanes of at least 4 members (excludes halogenated alkanes) is 1. The number of ether oxygens (including phenoxy) is 1. The third-order valence-corrected chi connectivity index (χ3v) is 3.95. The van der Waals surface area contributed by atoms with E-state index in [4.69, 9.17) is 4.74 Å². The number of hydrogen-bond donors (Lipinski definition) is 2. The van der Waals surface area contributed by atoms with Gasteiger partial charge in [0.2, 0.25) is 5.95 Å². The van der Waals surface area contributed by atoms with Crippen LogP contribution < -0.4 is 15.4 Å². The highest BCUT2D eigenvalue weighted by Gasteiger charge is 2.07. The first-order valence-corrected chi connectivity index (χ1v) is 8.88. The second-order valence-corrected chi connectivity index (χ2v) is 5.97. The van der Waals surface area contributed by atoms with Crippen LogP contribution in [0.1, 0.15) is 19.8 Å². The highest BCUT2D eigenvalue weighted by molar-refractivity contribution is 5.67. The summed E-state index contributed by atoms with van der Waals surface area (Å²) in [6.45, 7) is 3.02. The number of nitrogens with one attached hydrogen (secondary N) is 2. The zero-order valence-corrected chi connectivity index (χ0v) is 15.2. The summed E-state index contributed by atoms with van der Waals surface area (Å²) >= 11 is 0. The van der Waals surface area contributed by atoms with Gasteiger partial charge in [-0.05, 0) is 18.6 Å². The minimum atomic E-state index is 0.630. The van der Waals surface area contributed by atoms with Crippen molar-refractivity contribution in [2.75, 3.05) is 24.3 Å². The molecule has 3 rings (SSSR count). The first-order chi connectivity index (χ1) is 12.8. The molecule has 5 heteroatoms. The Hall–Kier alpha value is -3.08. The predicted molar refractivity (Wildman–Crippen MR) is 107 cm³/mol. The molecular formula is C21H24N4O. The maximum Gasteiger partial charge on any atom is 0.225 e. The van der Waals surface area contributed by atoms with Crippen LogP contribution in [-0.2, 0) is 0 Å². The van der Waals surface area contributed by atoms with Crippen molar-refractivity contribution in [3.63, 3.8) is 0 Å². The summed E-state index contributed by atoms with van der Waals surface area (Å²) in [7, 11) is 1.66. The van der Waals surface area contributed by atoms with Gasteiger partial charge in [-0.2, -0.15) is 4.98 Å². The van der Waals surface area contributed by atoms with Crippen molar-refractivity contribution in [1.29, 1.82) is 0 Å². The number of nitrogens with zero attached hydrogens (tertiary/aromatic N) is 2. The van der Waals surface area contributed by atoms with Crippen LogP contribution in [0.15, 0.2) is 60.7 Å². The lowest BCUT2D eigenvalue weighted by Gasteiger charge is -2.12. The van der Waals surface area contributed by atoms with Crippen LogP contribution in [0.25, 0.3) is 11.3 Å². The third kappa shape index (κ3) is 4.72. The maximum atomic E-state index is 5.29. The van der Waals surface area contributed by atoms with E-state index in [2.05, 4.69) is 27.5 Å². The van der Waals surface area contributed by atoms with Crippen molar-refractivity contribution in [3.8, 4) is 17.0 Å². The van der Waals surface area contributed by atoms with Crippen LogP contribution in [0.4, 0.5) is 17.5 Å². The van der Waals surface area contributed by atoms with Crippen molar-refractivity contribution < 1.29 is 4.74 Å². The number of hydrogen-bond acceptors (Lipinski definition) is 5. The lowest BCUT2D eigenvalue weighted by Crippen LogP contribution is -2.07. The highest BCUT2D eigenvalue weighted by Crippen LogP contribution is 2.25. The summed E-state index contributed by atoms with van der Waals surface area (Å²) in [6.07, 6.45) is 2.21.